The lowest BCUT2D eigenvalue weighted by Gasteiger charge is -2.18. The van der Waals surface area contributed by atoms with Crippen molar-refractivity contribution in [1.29, 1.82) is 0 Å². The van der Waals surface area contributed by atoms with Gasteiger partial charge in [-0.15, -0.1) is 12.4 Å². The minimum absolute atomic E-state index is 0. The summed E-state index contributed by atoms with van der Waals surface area (Å²) in [5.41, 5.74) is 0. The predicted octanol–water partition coefficient (Wildman–Crippen LogP) is 1.51. The van der Waals surface area contributed by atoms with Crippen LogP contribution in [0.1, 0.15) is 45.4 Å². The molecular weight excluding hydrogens is 286 g/mol. The van der Waals surface area contributed by atoms with Crippen LogP contribution in [-0.4, -0.2) is 45.4 Å². The Balaban J connectivity index is 0.00000324. The van der Waals surface area contributed by atoms with Gasteiger partial charge < -0.3 is 5.32 Å². The Kier molecular flexibility index (Phi) is 10.00. The van der Waals surface area contributed by atoms with Gasteiger partial charge in [0.15, 0.2) is 0 Å². The first-order valence-corrected chi connectivity index (χ1v) is 8.44. The lowest BCUT2D eigenvalue weighted by molar-refractivity contribution is 0.450. The summed E-state index contributed by atoms with van der Waals surface area (Å²) in [7, 11) is -1.69. The lowest BCUT2D eigenvalue weighted by atomic mass is 10.1. The van der Waals surface area contributed by atoms with E-state index < -0.39 is 10.2 Å². The van der Waals surface area contributed by atoms with Crippen LogP contribution in [0.15, 0.2) is 0 Å². The number of hydrogen-bond donors (Lipinski definition) is 2. The zero-order chi connectivity index (χ0) is 13.4. The van der Waals surface area contributed by atoms with Crippen LogP contribution in [0.5, 0.6) is 0 Å². The molecule has 0 heterocycles. The molecule has 116 valence electrons. The average molecular weight is 314 g/mol. The van der Waals surface area contributed by atoms with Crippen LogP contribution in [0.2, 0.25) is 0 Å². The van der Waals surface area contributed by atoms with E-state index in [1.54, 1.807) is 7.05 Å². The van der Waals surface area contributed by atoms with Gasteiger partial charge in [0.1, 0.15) is 0 Å². The summed E-state index contributed by atoms with van der Waals surface area (Å²) in [6.07, 6.45) is 7.71. The third-order valence-corrected chi connectivity index (χ3v) is 5.20. The Morgan fingerprint density at radius 2 is 1.68 bits per heavy atom. The van der Waals surface area contributed by atoms with Crippen molar-refractivity contribution < 1.29 is 8.42 Å². The first kappa shape index (κ1) is 19.1. The zero-order valence-electron chi connectivity index (χ0n) is 12.0. The van der Waals surface area contributed by atoms with E-state index in [2.05, 4.69) is 10.0 Å². The molecule has 0 radical (unpaired) electrons. The van der Waals surface area contributed by atoms with E-state index in [4.69, 9.17) is 0 Å². The van der Waals surface area contributed by atoms with Crippen molar-refractivity contribution in [1.82, 2.24) is 14.3 Å². The standard InChI is InChI=1S/C12H27N3O2S.ClH/c1-3-15(2)18(16,17)14-11-10-13-12-8-6-4-5-7-9-12;/h12-14H,3-11H2,1-2H3;1H. The van der Waals surface area contributed by atoms with Crippen molar-refractivity contribution in [2.75, 3.05) is 26.7 Å². The average Bonchev–Trinajstić information content (AvgIpc) is 2.62. The fraction of sp³-hybridized carbons (Fsp3) is 1.00. The highest BCUT2D eigenvalue weighted by Crippen LogP contribution is 2.16. The highest BCUT2D eigenvalue weighted by molar-refractivity contribution is 7.87. The summed E-state index contributed by atoms with van der Waals surface area (Å²) >= 11 is 0. The maximum absolute atomic E-state index is 11.7. The number of rotatable bonds is 7. The summed E-state index contributed by atoms with van der Waals surface area (Å²) in [6, 6.07) is 0.570. The molecule has 19 heavy (non-hydrogen) atoms. The molecule has 0 aromatic rings. The minimum Gasteiger partial charge on any atom is -0.313 e. The first-order chi connectivity index (χ1) is 8.56. The van der Waals surface area contributed by atoms with Crippen LogP contribution in [0.3, 0.4) is 0 Å². The maximum atomic E-state index is 11.7. The van der Waals surface area contributed by atoms with Gasteiger partial charge in [-0.1, -0.05) is 32.6 Å². The Labute approximate surface area is 124 Å². The quantitative estimate of drug-likeness (QED) is 0.553. The molecule has 7 heteroatoms. The normalized spacial score (nSPS) is 18.1. The first-order valence-electron chi connectivity index (χ1n) is 7.00. The molecule has 1 fully saturated rings. The lowest BCUT2D eigenvalue weighted by Crippen LogP contribution is -2.42. The number of hydrogen-bond acceptors (Lipinski definition) is 3. The second kappa shape index (κ2) is 9.94. The van der Waals surface area contributed by atoms with E-state index in [-0.39, 0.29) is 12.4 Å². The largest absolute Gasteiger partial charge is 0.313 e. The molecular formula is C12H28ClN3O2S. The van der Waals surface area contributed by atoms with Gasteiger partial charge >= 0.3 is 0 Å². The van der Waals surface area contributed by atoms with Crippen LogP contribution < -0.4 is 10.0 Å². The van der Waals surface area contributed by atoms with Gasteiger partial charge in [-0.2, -0.15) is 12.7 Å². The van der Waals surface area contributed by atoms with E-state index in [1.165, 1.54) is 42.8 Å². The second-order valence-corrected chi connectivity index (χ2v) is 6.82. The van der Waals surface area contributed by atoms with Gasteiger partial charge in [-0.3, -0.25) is 0 Å². The maximum Gasteiger partial charge on any atom is 0.279 e. The highest BCUT2D eigenvalue weighted by atomic mass is 35.5. The van der Waals surface area contributed by atoms with Gasteiger partial charge in [0.2, 0.25) is 0 Å². The molecule has 0 aromatic heterocycles. The van der Waals surface area contributed by atoms with Gasteiger partial charge in [0.25, 0.3) is 10.2 Å². The molecule has 0 spiro atoms. The van der Waals surface area contributed by atoms with Gasteiger partial charge in [0, 0.05) is 32.7 Å². The van der Waals surface area contributed by atoms with Crippen LogP contribution >= 0.6 is 12.4 Å². The summed E-state index contributed by atoms with van der Waals surface area (Å²) in [5.74, 6) is 0. The van der Waals surface area contributed by atoms with E-state index >= 15 is 0 Å². The number of halogens is 1. The van der Waals surface area contributed by atoms with Crippen molar-refractivity contribution in [3.63, 3.8) is 0 Å². The molecule has 1 rings (SSSR count). The molecule has 0 atom stereocenters. The molecule has 0 saturated heterocycles. The van der Waals surface area contributed by atoms with Crippen LogP contribution in [0.25, 0.3) is 0 Å². The van der Waals surface area contributed by atoms with Crippen LogP contribution in [0.4, 0.5) is 0 Å². The highest BCUT2D eigenvalue weighted by Gasteiger charge is 2.15. The molecule has 0 aliphatic heterocycles. The SMILES string of the molecule is CCN(C)S(=O)(=O)NCCNC1CCCCCC1.Cl. The van der Waals surface area contributed by atoms with E-state index in [1.807, 2.05) is 6.92 Å². The summed E-state index contributed by atoms with van der Waals surface area (Å²) < 4.78 is 27.2. The Morgan fingerprint density at radius 3 is 2.21 bits per heavy atom. The molecule has 5 nitrogen and oxygen atoms in total. The number of nitrogens with one attached hydrogen (secondary N) is 2. The molecule has 0 unspecified atom stereocenters. The van der Waals surface area contributed by atoms with E-state index in [9.17, 15) is 8.42 Å². The van der Waals surface area contributed by atoms with E-state index in [0.29, 0.717) is 25.7 Å². The molecule has 2 N–H and O–H groups in total. The second-order valence-electron chi connectivity index (χ2n) is 4.96. The summed E-state index contributed by atoms with van der Waals surface area (Å²) in [4.78, 5) is 0. The van der Waals surface area contributed by atoms with Crippen molar-refractivity contribution >= 4 is 22.6 Å². The van der Waals surface area contributed by atoms with Crippen molar-refractivity contribution in [3.05, 3.63) is 0 Å². The van der Waals surface area contributed by atoms with Gasteiger partial charge in [-0.25, -0.2) is 4.72 Å². The van der Waals surface area contributed by atoms with Crippen LogP contribution in [0, 0.1) is 0 Å². The van der Waals surface area contributed by atoms with Crippen molar-refractivity contribution in [2.45, 2.75) is 51.5 Å². The Bertz CT molecular complexity index is 317. The molecule has 0 amide bonds. The third kappa shape index (κ3) is 7.46. The van der Waals surface area contributed by atoms with E-state index in [0.717, 1.165) is 0 Å². The molecule has 0 bridgehead atoms. The third-order valence-electron chi connectivity index (χ3n) is 3.55. The van der Waals surface area contributed by atoms with Crippen LogP contribution in [-0.2, 0) is 10.2 Å². The smallest absolute Gasteiger partial charge is 0.279 e. The molecule has 1 saturated carbocycles. The van der Waals surface area contributed by atoms with Crippen molar-refractivity contribution in [2.24, 2.45) is 0 Å². The zero-order valence-corrected chi connectivity index (χ0v) is 13.7. The Hall–Kier alpha value is 0.120. The topological polar surface area (TPSA) is 61.4 Å². The molecule has 1 aliphatic carbocycles. The van der Waals surface area contributed by atoms with Crippen molar-refractivity contribution in [3.8, 4) is 0 Å². The monoisotopic (exact) mass is 313 g/mol. The molecule has 1 aliphatic rings. The fourth-order valence-corrected chi connectivity index (χ4v) is 3.14. The van der Waals surface area contributed by atoms with Gasteiger partial charge in [0.05, 0.1) is 0 Å². The summed E-state index contributed by atoms with van der Waals surface area (Å²) in [6.45, 7) is 3.49. The number of nitrogens with zero attached hydrogens (tertiary/aromatic N) is 1. The molecule has 0 aromatic carbocycles. The Morgan fingerprint density at radius 1 is 1.11 bits per heavy atom. The predicted molar refractivity (Wildman–Crippen MR) is 82.0 cm³/mol. The minimum atomic E-state index is -3.28. The summed E-state index contributed by atoms with van der Waals surface area (Å²) in [5, 5.41) is 3.45. The van der Waals surface area contributed by atoms with Gasteiger partial charge in [-0.05, 0) is 12.8 Å². The fourth-order valence-electron chi connectivity index (χ4n) is 2.22.